The summed E-state index contributed by atoms with van der Waals surface area (Å²) in [6, 6.07) is 14.8. The van der Waals surface area contributed by atoms with Gasteiger partial charge in [-0.15, -0.1) is 0 Å². The van der Waals surface area contributed by atoms with Crippen LogP contribution in [0.1, 0.15) is 5.89 Å². The van der Waals surface area contributed by atoms with Gasteiger partial charge in [0.25, 0.3) is 5.89 Å². The Labute approximate surface area is 134 Å². The SMILES string of the molecule is Clc1ccc(-c2noc(COc3ccccc3Br)n2)cc1. The van der Waals surface area contributed by atoms with E-state index in [-0.39, 0.29) is 6.61 Å². The van der Waals surface area contributed by atoms with E-state index in [9.17, 15) is 0 Å². The van der Waals surface area contributed by atoms with Gasteiger partial charge in [-0.05, 0) is 52.3 Å². The number of ether oxygens (including phenoxy) is 1. The number of para-hydroxylation sites is 1. The molecule has 0 aliphatic carbocycles. The maximum absolute atomic E-state index is 5.85. The molecule has 21 heavy (non-hydrogen) atoms. The lowest BCUT2D eigenvalue weighted by atomic mass is 10.2. The van der Waals surface area contributed by atoms with Crippen molar-refractivity contribution in [3.05, 3.63) is 63.9 Å². The third-order valence-electron chi connectivity index (χ3n) is 2.76. The van der Waals surface area contributed by atoms with Crippen LogP contribution < -0.4 is 4.74 Å². The minimum atomic E-state index is 0.212. The van der Waals surface area contributed by atoms with Gasteiger partial charge in [0.15, 0.2) is 6.61 Å². The lowest BCUT2D eigenvalue weighted by Gasteiger charge is -2.04. The largest absolute Gasteiger partial charge is 0.483 e. The summed E-state index contributed by atoms with van der Waals surface area (Å²) in [4.78, 5) is 4.29. The van der Waals surface area contributed by atoms with Gasteiger partial charge in [-0.1, -0.05) is 28.9 Å². The summed E-state index contributed by atoms with van der Waals surface area (Å²) in [5.74, 6) is 1.65. The van der Waals surface area contributed by atoms with Crippen LogP contribution in [0.4, 0.5) is 0 Å². The summed E-state index contributed by atoms with van der Waals surface area (Å²) >= 11 is 9.26. The molecule has 0 N–H and O–H groups in total. The Hall–Kier alpha value is -1.85. The summed E-state index contributed by atoms with van der Waals surface area (Å²) in [6.07, 6.45) is 0. The lowest BCUT2D eigenvalue weighted by Crippen LogP contribution is -1.96. The van der Waals surface area contributed by atoms with E-state index in [4.69, 9.17) is 20.9 Å². The molecule has 1 heterocycles. The van der Waals surface area contributed by atoms with Gasteiger partial charge in [0.05, 0.1) is 4.47 Å². The molecular formula is C15H10BrClN2O2. The third kappa shape index (κ3) is 3.43. The standard InChI is InChI=1S/C15H10BrClN2O2/c16-12-3-1-2-4-13(12)20-9-14-18-15(19-21-14)10-5-7-11(17)8-6-10/h1-8H,9H2. The fraction of sp³-hybridized carbons (Fsp3) is 0.0667. The average molecular weight is 366 g/mol. The lowest BCUT2D eigenvalue weighted by molar-refractivity contribution is 0.242. The predicted octanol–water partition coefficient (Wildman–Crippen LogP) is 4.73. The highest BCUT2D eigenvalue weighted by molar-refractivity contribution is 9.10. The van der Waals surface area contributed by atoms with Gasteiger partial charge in [-0.2, -0.15) is 4.98 Å². The Balaban J connectivity index is 1.71. The third-order valence-corrected chi connectivity index (χ3v) is 3.67. The van der Waals surface area contributed by atoms with E-state index in [0.29, 0.717) is 16.7 Å². The summed E-state index contributed by atoms with van der Waals surface area (Å²) in [7, 11) is 0. The minimum Gasteiger partial charge on any atom is -0.483 e. The Bertz CT molecular complexity index is 743. The first kappa shape index (κ1) is 14.1. The van der Waals surface area contributed by atoms with E-state index < -0.39 is 0 Å². The Kier molecular flexibility index (Phi) is 4.22. The molecule has 4 nitrogen and oxygen atoms in total. The second-order valence-electron chi connectivity index (χ2n) is 4.24. The molecule has 0 aliphatic heterocycles. The normalized spacial score (nSPS) is 10.6. The number of benzene rings is 2. The smallest absolute Gasteiger partial charge is 0.264 e. The van der Waals surface area contributed by atoms with Crippen LogP contribution in [0.2, 0.25) is 5.02 Å². The van der Waals surface area contributed by atoms with Crippen molar-refractivity contribution in [1.29, 1.82) is 0 Å². The van der Waals surface area contributed by atoms with Gasteiger partial charge in [-0.3, -0.25) is 0 Å². The maximum Gasteiger partial charge on any atom is 0.264 e. The average Bonchev–Trinajstić information content (AvgIpc) is 2.96. The molecule has 0 bridgehead atoms. The number of aromatic nitrogens is 2. The van der Waals surface area contributed by atoms with Crippen molar-refractivity contribution < 1.29 is 9.26 Å². The van der Waals surface area contributed by atoms with Gasteiger partial charge in [0.2, 0.25) is 5.82 Å². The molecule has 0 amide bonds. The van der Waals surface area contributed by atoms with Crippen molar-refractivity contribution in [2.24, 2.45) is 0 Å². The van der Waals surface area contributed by atoms with Crippen LogP contribution in [0.3, 0.4) is 0 Å². The molecule has 6 heteroatoms. The van der Waals surface area contributed by atoms with Crippen LogP contribution in [-0.4, -0.2) is 10.1 Å². The topological polar surface area (TPSA) is 48.2 Å². The second kappa shape index (κ2) is 6.28. The molecule has 0 saturated carbocycles. The highest BCUT2D eigenvalue weighted by atomic mass is 79.9. The summed E-state index contributed by atoms with van der Waals surface area (Å²) in [5.41, 5.74) is 0.843. The van der Waals surface area contributed by atoms with Gasteiger partial charge in [-0.25, -0.2) is 0 Å². The molecule has 106 valence electrons. The van der Waals surface area contributed by atoms with Crippen LogP contribution in [-0.2, 0) is 6.61 Å². The van der Waals surface area contributed by atoms with Crippen molar-refractivity contribution in [3.63, 3.8) is 0 Å². The molecule has 0 unspecified atom stereocenters. The molecule has 3 rings (SSSR count). The molecule has 0 atom stereocenters. The maximum atomic E-state index is 5.85. The van der Waals surface area contributed by atoms with Gasteiger partial charge in [0.1, 0.15) is 5.75 Å². The van der Waals surface area contributed by atoms with E-state index in [2.05, 4.69) is 26.1 Å². The Morgan fingerprint density at radius 3 is 2.62 bits per heavy atom. The van der Waals surface area contributed by atoms with Crippen LogP contribution >= 0.6 is 27.5 Å². The van der Waals surface area contributed by atoms with E-state index in [1.54, 1.807) is 12.1 Å². The van der Waals surface area contributed by atoms with Crippen molar-refractivity contribution >= 4 is 27.5 Å². The minimum absolute atomic E-state index is 0.212. The van der Waals surface area contributed by atoms with E-state index >= 15 is 0 Å². The predicted molar refractivity (Wildman–Crippen MR) is 83.2 cm³/mol. The zero-order chi connectivity index (χ0) is 14.7. The number of nitrogens with zero attached hydrogens (tertiary/aromatic N) is 2. The second-order valence-corrected chi connectivity index (χ2v) is 5.53. The van der Waals surface area contributed by atoms with E-state index in [1.165, 1.54) is 0 Å². The van der Waals surface area contributed by atoms with Crippen LogP contribution in [0.25, 0.3) is 11.4 Å². The van der Waals surface area contributed by atoms with Crippen molar-refractivity contribution in [3.8, 4) is 17.1 Å². The first-order valence-corrected chi connectivity index (χ1v) is 7.35. The molecule has 3 aromatic rings. The number of hydrogen-bond donors (Lipinski definition) is 0. The number of halogens is 2. The highest BCUT2D eigenvalue weighted by Crippen LogP contribution is 2.25. The molecule has 0 radical (unpaired) electrons. The summed E-state index contributed by atoms with van der Waals surface area (Å²) in [6.45, 7) is 0.212. The first-order chi connectivity index (χ1) is 10.2. The summed E-state index contributed by atoms with van der Waals surface area (Å²) in [5, 5.41) is 4.60. The number of hydrogen-bond acceptors (Lipinski definition) is 4. The van der Waals surface area contributed by atoms with E-state index in [1.807, 2.05) is 36.4 Å². The van der Waals surface area contributed by atoms with Gasteiger partial charge in [0, 0.05) is 10.6 Å². The quantitative estimate of drug-likeness (QED) is 0.670. The molecule has 0 fully saturated rings. The zero-order valence-electron chi connectivity index (χ0n) is 10.8. The molecule has 0 spiro atoms. The monoisotopic (exact) mass is 364 g/mol. The van der Waals surface area contributed by atoms with Gasteiger partial charge < -0.3 is 9.26 Å². The molecular weight excluding hydrogens is 356 g/mol. The number of rotatable bonds is 4. The fourth-order valence-corrected chi connectivity index (χ4v) is 2.26. The summed E-state index contributed by atoms with van der Waals surface area (Å²) < 4.78 is 11.7. The fourth-order valence-electron chi connectivity index (χ4n) is 1.73. The van der Waals surface area contributed by atoms with Crippen molar-refractivity contribution in [2.45, 2.75) is 6.61 Å². The molecule has 0 aliphatic rings. The highest BCUT2D eigenvalue weighted by Gasteiger charge is 2.10. The molecule has 0 saturated heterocycles. The van der Waals surface area contributed by atoms with Crippen molar-refractivity contribution in [2.75, 3.05) is 0 Å². The first-order valence-electron chi connectivity index (χ1n) is 6.18. The Morgan fingerprint density at radius 1 is 1.10 bits per heavy atom. The van der Waals surface area contributed by atoms with Gasteiger partial charge >= 0.3 is 0 Å². The Morgan fingerprint density at radius 2 is 1.86 bits per heavy atom. The molecule has 1 aromatic heterocycles. The molecule has 2 aromatic carbocycles. The van der Waals surface area contributed by atoms with Crippen LogP contribution in [0.15, 0.2) is 57.5 Å². The van der Waals surface area contributed by atoms with Crippen LogP contribution in [0.5, 0.6) is 5.75 Å². The zero-order valence-corrected chi connectivity index (χ0v) is 13.1. The van der Waals surface area contributed by atoms with Crippen molar-refractivity contribution in [1.82, 2.24) is 10.1 Å². The van der Waals surface area contributed by atoms with Crippen LogP contribution in [0, 0.1) is 0 Å². The van der Waals surface area contributed by atoms with E-state index in [0.717, 1.165) is 15.8 Å².